The molecular formula is C9H18N2O. The molecular weight excluding hydrogens is 152 g/mol. The van der Waals surface area contributed by atoms with Gasteiger partial charge in [0.15, 0.2) is 0 Å². The van der Waals surface area contributed by atoms with E-state index in [2.05, 4.69) is 0 Å². The van der Waals surface area contributed by atoms with Gasteiger partial charge >= 0.3 is 6.03 Å². The number of carbonyl (C=O) groups excluding carboxylic acids is 1. The van der Waals surface area contributed by atoms with Gasteiger partial charge in [-0.15, -0.1) is 0 Å². The lowest BCUT2D eigenvalue weighted by Crippen LogP contribution is -2.36. The highest BCUT2D eigenvalue weighted by Gasteiger charge is 2.09. The molecule has 2 amide bonds. The quantitative estimate of drug-likeness (QED) is 0.591. The lowest BCUT2D eigenvalue weighted by Gasteiger charge is -2.18. The standard InChI is InChI=1S/C9H18N2O/c10-9(12)11-7-5-3-1-2-4-6-8-11/h1-8H2,(H2,10,12). The second-order valence-electron chi connectivity index (χ2n) is 3.45. The van der Waals surface area contributed by atoms with Crippen molar-refractivity contribution in [1.29, 1.82) is 0 Å². The van der Waals surface area contributed by atoms with Crippen LogP contribution in [-0.2, 0) is 0 Å². The monoisotopic (exact) mass is 170 g/mol. The molecule has 0 atom stereocenters. The molecule has 3 nitrogen and oxygen atoms in total. The van der Waals surface area contributed by atoms with Gasteiger partial charge in [0.2, 0.25) is 0 Å². The van der Waals surface area contributed by atoms with Gasteiger partial charge in [-0.05, 0) is 12.8 Å². The van der Waals surface area contributed by atoms with Crippen molar-refractivity contribution in [3.63, 3.8) is 0 Å². The summed E-state index contributed by atoms with van der Waals surface area (Å²) in [6.07, 6.45) is 7.33. The number of hydrogen-bond acceptors (Lipinski definition) is 1. The number of amides is 2. The number of rotatable bonds is 0. The molecule has 1 aliphatic heterocycles. The summed E-state index contributed by atoms with van der Waals surface area (Å²) in [5, 5.41) is 0. The highest BCUT2D eigenvalue weighted by Crippen LogP contribution is 2.10. The zero-order valence-electron chi connectivity index (χ0n) is 7.59. The molecule has 1 heterocycles. The predicted octanol–water partition coefficient (Wildman–Crippen LogP) is 1.72. The van der Waals surface area contributed by atoms with Gasteiger partial charge in [-0.1, -0.05) is 25.7 Å². The first-order valence-corrected chi connectivity index (χ1v) is 4.85. The minimum absolute atomic E-state index is 0.253. The molecule has 0 bridgehead atoms. The topological polar surface area (TPSA) is 46.3 Å². The van der Waals surface area contributed by atoms with Gasteiger partial charge in [-0.3, -0.25) is 0 Å². The van der Waals surface area contributed by atoms with E-state index in [1.165, 1.54) is 25.7 Å². The first-order valence-electron chi connectivity index (χ1n) is 4.85. The van der Waals surface area contributed by atoms with Crippen LogP contribution in [0.4, 0.5) is 4.79 Å². The van der Waals surface area contributed by atoms with E-state index in [9.17, 15) is 4.79 Å². The fourth-order valence-electron chi connectivity index (χ4n) is 1.64. The number of primary amides is 1. The number of urea groups is 1. The number of hydrogen-bond donors (Lipinski definition) is 1. The van der Waals surface area contributed by atoms with E-state index in [-0.39, 0.29) is 6.03 Å². The van der Waals surface area contributed by atoms with Crippen LogP contribution in [0, 0.1) is 0 Å². The van der Waals surface area contributed by atoms with Gasteiger partial charge in [-0.2, -0.15) is 0 Å². The van der Waals surface area contributed by atoms with Crippen LogP contribution in [0.2, 0.25) is 0 Å². The van der Waals surface area contributed by atoms with Crippen LogP contribution in [0.25, 0.3) is 0 Å². The first-order chi connectivity index (χ1) is 5.80. The summed E-state index contributed by atoms with van der Waals surface area (Å²) in [6.45, 7) is 1.71. The van der Waals surface area contributed by atoms with Crippen LogP contribution in [0.15, 0.2) is 0 Å². The van der Waals surface area contributed by atoms with Crippen LogP contribution >= 0.6 is 0 Å². The minimum Gasteiger partial charge on any atom is -0.351 e. The van der Waals surface area contributed by atoms with E-state index < -0.39 is 0 Å². The van der Waals surface area contributed by atoms with Crippen molar-refractivity contribution in [2.24, 2.45) is 5.73 Å². The molecule has 1 rings (SSSR count). The molecule has 1 aliphatic rings. The molecule has 0 aliphatic carbocycles. The van der Waals surface area contributed by atoms with Crippen molar-refractivity contribution in [3.05, 3.63) is 0 Å². The lowest BCUT2D eigenvalue weighted by atomic mass is 10.1. The maximum absolute atomic E-state index is 10.9. The molecule has 0 saturated carbocycles. The van der Waals surface area contributed by atoms with Crippen molar-refractivity contribution in [3.8, 4) is 0 Å². The van der Waals surface area contributed by atoms with Crippen molar-refractivity contribution >= 4 is 6.03 Å². The Bertz CT molecular complexity index is 137. The molecule has 3 heteroatoms. The molecule has 70 valence electrons. The average molecular weight is 170 g/mol. The van der Waals surface area contributed by atoms with E-state index in [4.69, 9.17) is 5.73 Å². The van der Waals surface area contributed by atoms with Crippen molar-refractivity contribution < 1.29 is 4.79 Å². The van der Waals surface area contributed by atoms with Crippen molar-refractivity contribution in [2.75, 3.05) is 13.1 Å². The highest BCUT2D eigenvalue weighted by atomic mass is 16.2. The third-order valence-electron chi connectivity index (χ3n) is 2.42. The zero-order chi connectivity index (χ0) is 8.81. The van der Waals surface area contributed by atoms with E-state index in [0.717, 1.165) is 25.9 Å². The number of carbonyl (C=O) groups is 1. The smallest absolute Gasteiger partial charge is 0.314 e. The minimum atomic E-state index is -0.253. The molecule has 0 aromatic carbocycles. The fourth-order valence-corrected chi connectivity index (χ4v) is 1.64. The van der Waals surface area contributed by atoms with Gasteiger partial charge in [-0.25, -0.2) is 4.79 Å². The third kappa shape index (κ3) is 3.11. The van der Waals surface area contributed by atoms with Gasteiger partial charge in [0.25, 0.3) is 0 Å². The molecule has 2 N–H and O–H groups in total. The molecule has 1 fully saturated rings. The number of nitrogens with two attached hydrogens (primary N) is 1. The van der Waals surface area contributed by atoms with Crippen LogP contribution < -0.4 is 5.73 Å². The van der Waals surface area contributed by atoms with Gasteiger partial charge in [0.1, 0.15) is 0 Å². The largest absolute Gasteiger partial charge is 0.351 e. The number of nitrogens with zero attached hydrogens (tertiary/aromatic N) is 1. The SMILES string of the molecule is NC(=O)N1CCCCCCCC1. The van der Waals surface area contributed by atoms with Crippen molar-refractivity contribution in [2.45, 2.75) is 38.5 Å². The Morgan fingerprint density at radius 3 is 1.75 bits per heavy atom. The van der Waals surface area contributed by atoms with Crippen LogP contribution in [0.3, 0.4) is 0 Å². The van der Waals surface area contributed by atoms with Gasteiger partial charge in [0, 0.05) is 13.1 Å². The molecule has 0 aromatic rings. The van der Waals surface area contributed by atoms with Crippen LogP contribution in [-0.4, -0.2) is 24.0 Å². The average Bonchev–Trinajstić information content (AvgIpc) is 2.15. The Morgan fingerprint density at radius 1 is 0.917 bits per heavy atom. The van der Waals surface area contributed by atoms with E-state index in [1.807, 2.05) is 0 Å². The van der Waals surface area contributed by atoms with Gasteiger partial charge in [0.05, 0.1) is 0 Å². The molecule has 0 aromatic heterocycles. The van der Waals surface area contributed by atoms with E-state index in [1.54, 1.807) is 4.90 Å². The summed E-state index contributed by atoms with van der Waals surface area (Å²) >= 11 is 0. The van der Waals surface area contributed by atoms with Gasteiger partial charge < -0.3 is 10.6 Å². The second kappa shape index (κ2) is 5.01. The summed E-state index contributed by atoms with van der Waals surface area (Å²) in [7, 11) is 0. The summed E-state index contributed by atoms with van der Waals surface area (Å²) in [4.78, 5) is 12.6. The third-order valence-corrected chi connectivity index (χ3v) is 2.42. The lowest BCUT2D eigenvalue weighted by molar-refractivity contribution is 0.206. The summed E-state index contributed by atoms with van der Waals surface area (Å²) < 4.78 is 0. The fraction of sp³-hybridized carbons (Fsp3) is 0.889. The van der Waals surface area contributed by atoms with E-state index in [0.29, 0.717) is 0 Å². The Kier molecular flexibility index (Phi) is 3.91. The molecule has 0 radical (unpaired) electrons. The molecule has 1 saturated heterocycles. The Morgan fingerprint density at radius 2 is 1.33 bits per heavy atom. The maximum atomic E-state index is 10.9. The summed E-state index contributed by atoms with van der Waals surface area (Å²) in [6, 6.07) is -0.253. The summed E-state index contributed by atoms with van der Waals surface area (Å²) in [5.41, 5.74) is 5.23. The first kappa shape index (κ1) is 9.36. The second-order valence-corrected chi connectivity index (χ2v) is 3.45. The maximum Gasteiger partial charge on any atom is 0.314 e. The molecule has 0 unspecified atom stereocenters. The normalized spacial score (nSPS) is 20.8. The highest BCUT2D eigenvalue weighted by molar-refractivity contribution is 5.71. The summed E-state index contributed by atoms with van der Waals surface area (Å²) in [5.74, 6) is 0. The van der Waals surface area contributed by atoms with Crippen LogP contribution in [0.1, 0.15) is 38.5 Å². The predicted molar refractivity (Wildman–Crippen MR) is 48.9 cm³/mol. The zero-order valence-corrected chi connectivity index (χ0v) is 7.59. The Hall–Kier alpha value is -0.730. The Labute approximate surface area is 73.9 Å². The molecule has 12 heavy (non-hydrogen) atoms. The molecule has 0 spiro atoms. The Balaban J connectivity index is 2.33. The van der Waals surface area contributed by atoms with Crippen LogP contribution in [0.5, 0.6) is 0 Å². The van der Waals surface area contributed by atoms with E-state index >= 15 is 0 Å². The van der Waals surface area contributed by atoms with Crippen molar-refractivity contribution in [1.82, 2.24) is 4.90 Å².